The van der Waals surface area contributed by atoms with Crippen molar-refractivity contribution in [2.75, 3.05) is 6.54 Å². The summed E-state index contributed by atoms with van der Waals surface area (Å²) in [6, 6.07) is 47.7. The second-order valence-corrected chi connectivity index (χ2v) is 15.4. The van der Waals surface area contributed by atoms with Crippen molar-refractivity contribution < 1.29 is 19.8 Å². The maximum Gasteiger partial charge on any atom is 0.168 e. The molecule has 284 valence electrons. The molecule has 0 amide bonds. The maximum absolute atomic E-state index is 14.0. The second-order valence-electron chi connectivity index (χ2n) is 15.4. The van der Waals surface area contributed by atoms with Crippen LogP contribution in [0, 0.1) is 0 Å². The first-order valence-corrected chi connectivity index (χ1v) is 19.9. The number of aliphatic hydroxyl groups excluding tert-OH is 2. The lowest BCUT2D eigenvalue weighted by atomic mass is 9.78. The molecule has 6 aromatic rings. The number of rotatable bonds is 9. The van der Waals surface area contributed by atoms with Crippen molar-refractivity contribution in [3.05, 3.63) is 191 Å². The van der Waals surface area contributed by atoms with Gasteiger partial charge >= 0.3 is 0 Å². The summed E-state index contributed by atoms with van der Waals surface area (Å²) in [6.07, 6.45) is 1.98. The SMILES string of the molecule is CC(CN=C1CC(c2ccccc2)CC(=O)C1=C(O)Cc1cccc2ccccc12)N=C1CC(c2ccccc2)CC(=O)C1=C(O)Cc1cccc2ccccc12. The number of nitrogens with zero attached hydrogens (tertiary/aromatic N) is 2. The second kappa shape index (κ2) is 16.8. The van der Waals surface area contributed by atoms with E-state index >= 15 is 0 Å². The van der Waals surface area contributed by atoms with E-state index in [1.54, 1.807) is 0 Å². The van der Waals surface area contributed by atoms with E-state index in [2.05, 4.69) is 0 Å². The summed E-state index contributed by atoms with van der Waals surface area (Å²) in [5, 5.41) is 27.7. The standard InChI is InChI=1S/C51H46N2O4/c1-33(53-45-27-41(35-16-6-3-7-17-35)31-49(57)51(45)47(55)29-39-23-13-21-37-19-9-11-25-43(37)39)32-52-44-26-40(34-14-4-2-5-15-34)30-48(56)50(44)46(54)28-38-22-12-20-36-18-8-10-24-42(36)38/h2-25,33,40-41,54-55H,26-32H2,1H3. The summed E-state index contributed by atoms with van der Waals surface area (Å²) < 4.78 is 0. The predicted octanol–water partition coefficient (Wildman–Crippen LogP) is 11.0. The molecule has 0 heterocycles. The third-order valence-electron chi connectivity index (χ3n) is 11.4. The van der Waals surface area contributed by atoms with Gasteiger partial charge < -0.3 is 10.2 Å². The molecule has 6 heteroatoms. The number of aliphatic hydroxyl groups is 2. The highest BCUT2D eigenvalue weighted by Gasteiger charge is 2.34. The molecule has 0 radical (unpaired) electrons. The van der Waals surface area contributed by atoms with Gasteiger partial charge in [0.1, 0.15) is 11.5 Å². The van der Waals surface area contributed by atoms with Crippen molar-refractivity contribution in [2.24, 2.45) is 9.98 Å². The highest BCUT2D eigenvalue weighted by Crippen LogP contribution is 2.36. The Kier molecular flexibility index (Phi) is 11.0. The van der Waals surface area contributed by atoms with Gasteiger partial charge in [0.2, 0.25) is 0 Å². The summed E-state index contributed by atoms with van der Waals surface area (Å²) >= 11 is 0. The molecule has 6 aromatic carbocycles. The zero-order chi connectivity index (χ0) is 39.3. The molecule has 8 rings (SSSR count). The molecule has 0 saturated heterocycles. The van der Waals surface area contributed by atoms with Gasteiger partial charge in [-0.05, 0) is 75.4 Å². The fraction of sp³-hybridized carbons (Fsp3) is 0.216. The molecular weight excluding hydrogens is 705 g/mol. The molecule has 2 fully saturated rings. The summed E-state index contributed by atoms with van der Waals surface area (Å²) in [5.74, 6) is -0.362. The van der Waals surface area contributed by atoms with Crippen LogP contribution >= 0.6 is 0 Å². The third kappa shape index (κ3) is 8.27. The number of carbonyl (C=O) groups is 2. The minimum absolute atomic E-state index is 0.0206. The van der Waals surface area contributed by atoms with Crippen LogP contribution in [0.1, 0.15) is 66.7 Å². The molecular formula is C51H46N2O4. The van der Waals surface area contributed by atoms with Crippen LogP contribution in [0.5, 0.6) is 0 Å². The molecule has 2 aliphatic rings. The molecule has 0 bridgehead atoms. The maximum atomic E-state index is 14.0. The van der Waals surface area contributed by atoms with Crippen LogP contribution in [-0.4, -0.2) is 45.8 Å². The van der Waals surface area contributed by atoms with Gasteiger partial charge in [-0.3, -0.25) is 19.6 Å². The number of fused-ring (bicyclic) bond motifs is 2. The number of carbonyl (C=O) groups excluding carboxylic acids is 2. The Balaban J connectivity index is 1.14. The van der Waals surface area contributed by atoms with Crippen molar-refractivity contribution in [1.82, 2.24) is 0 Å². The molecule has 2 aliphatic carbocycles. The largest absolute Gasteiger partial charge is 0.511 e. The Labute approximate surface area is 333 Å². The van der Waals surface area contributed by atoms with Crippen molar-refractivity contribution in [3.8, 4) is 0 Å². The summed E-state index contributed by atoms with van der Waals surface area (Å²) in [5.41, 5.74) is 5.72. The van der Waals surface area contributed by atoms with E-state index in [0.717, 1.165) is 43.8 Å². The average molecular weight is 751 g/mol. The van der Waals surface area contributed by atoms with Crippen molar-refractivity contribution >= 4 is 44.5 Å². The molecule has 0 spiro atoms. The topological polar surface area (TPSA) is 99.3 Å². The van der Waals surface area contributed by atoms with Gasteiger partial charge in [-0.25, -0.2) is 0 Å². The lowest BCUT2D eigenvalue weighted by Gasteiger charge is -2.27. The number of hydrogen-bond acceptors (Lipinski definition) is 6. The fourth-order valence-electron chi connectivity index (χ4n) is 8.61. The van der Waals surface area contributed by atoms with E-state index in [4.69, 9.17) is 9.98 Å². The van der Waals surface area contributed by atoms with Crippen molar-refractivity contribution in [1.29, 1.82) is 0 Å². The van der Waals surface area contributed by atoms with E-state index in [0.29, 0.717) is 35.4 Å². The Hall–Kier alpha value is -6.40. The summed E-state index contributed by atoms with van der Waals surface area (Å²) in [4.78, 5) is 38.2. The first kappa shape index (κ1) is 37.5. The lowest BCUT2D eigenvalue weighted by Crippen LogP contribution is -2.29. The van der Waals surface area contributed by atoms with Crippen LogP contribution in [-0.2, 0) is 22.4 Å². The number of hydrogen-bond donors (Lipinski definition) is 2. The number of benzene rings is 6. The smallest absolute Gasteiger partial charge is 0.168 e. The average Bonchev–Trinajstić information content (AvgIpc) is 3.23. The van der Waals surface area contributed by atoms with Crippen LogP contribution in [0.3, 0.4) is 0 Å². The Morgan fingerprint density at radius 1 is 0.544 bits per heavy atom. The van der Waals surface area contributed by atoms with Gasteiger partial charge in [-0.2, -0.15) is 0 Å². The van der Waals surface area contributed by atoms with E-state index in [-0.39, 0.29) is 73.2 Å². The van der Waals surface area contributed by atoms with Crippen LogP contribution < -0.4 is 0 Å². The van der Waals surface area contributed by atoms with Crippen molar-refractivity contribution in [3.63, 3.8) is 0 Å². The first-order chi connectivity index (χ1) is 27.8. The van der Waals surface area contributed by atoms with Gasteiger partial charge in [-0.15, -0.1) is 0 Å². The Bertz CT molecular complexity index is 2570. The number of allylic oxidation sites excluding steroid dienone is 4. The lowest BCUT2D eigenvalue weighted by molar-refractivity contribution is -0.116. The zero-order valence-electron chi connectivity index (χ0n) is 32.1. The monoisotopic (exact) mass is 750 g/mol. The van der Waals surface area contributed by atoms with Gasteiger partial charge in [0.15, 0.2) is 11.6 Å². The first-order valence-electron chi connectivity index (χ1n) is 19.9. The quantitative estimate of drug-likeness (QED) is 0.113. The van der Waals surface area contributed by atoms with Crippen LogP contribution in [0.4, 0.5) is 0 Å². The Morgan fingerprint density at radius 2 is 0.965 bits per heavy atom. The highest BCUT2D eigenvalue weighted by atomic mass is 16.3. The van der Waals surface area contributed by atoms with Gasteiger partial charge in [0, 0.05) is 31.4 Å². The van der Waals surface area contributed by atoms with E-state index in [1.807, 2.05) is 153 Å². The molecule has 2 N–H and O–H groups in total. The fourth-order valence-corrected chi connectivity index (χ4v) is 8.61. The molecule has 0 aromatic heterocycles. The molecule has 2 saturated carbocycles. The van der Waals surface area contributed by atoms with E-state index in [9.17, 15) is 19.8 Å². The van der Waals surface area contributed by atoms with Gasteiger partial charge in [0.05, 0.1) is 29.4 Å². The van der Waals surface area contributed by atoms with Crippen LogP contribution in [0.2, 0.25) is 0 Å². The molecule has 6 nitrogen and oxygen atoms in total. The zero-order valence-corrected chi connectivity index (χ0v) is 32.1. The molecule has 57 heavy (non-hydrogen) atoms. The molecule has 0 aliphatic heterocycles. The van der Waals surface area contributed by atoms with Gasteiger partial charge in [0.25, 0.3) is 0 Å². The normalized spacial score (nSPS) is 21.3. The summed E-state index contributed by atoms with van der Waals surface area (Å²) in [6.45, 7) is 2.19. The van der Waals surface area contributed by atoms with Gasteiger partial charge in [-0.1, -0.05) is 146 Å². The predicted molar refractivity (Wildman–Crippen MR) is 231 cm³/mol. The number of ketones is 2. The Morgan fingerprint density at radius 3 is 1.47 bits per heavy atom. The minimum Gasteiger partial charge on any atom is -0.511 e. The van der Waals surface area contributed by atoms with Crippen molar-refractivity contribution in [2.45, 2.75) is 63.3 Å². The molecule has 3 unspecified atom stereocenters. The third-order valence-corrected chi connectivity index (χ3v) is 11.4. The highest BCUT2D eigenvalue weighted by molar-refractivity contribution is 6.25. The summed E-state index contributed by atoms with van der Waals surface area (Å²) in [7, 11) is 0. The van der Waals surface area contributed by atoms with E-state index in [1.165, 1.54) is 0 Å². The number of aliphatic imine (C=N–C) groups is 2. The van der Waals surface area contributed by atoms with E-state index < -0.39 is 0 Å². The minimum atomic E-state index is -0.385. The molecule has 3 atom stereocenters. The van der Waals surface area contributed by atoms with Crippen LogP contribution in [0.25, 0.3) is 21.5 Å². The number of Topliss-reactive ketones (excluding diaryl/α,β-unsaturated/α-hetero) is 2. The van der Waals surface area contributed by atoms with Crippen LogP contribution in [0.15, 0.2) is 178 Å².